The molecule has 0 spiro atoms. The summed E-state index contributed by atoms with van der Waals surface area (Å²) in [4.78, 5) is 19.1. The SMILES string of the molecule is CC(=O)[O-].CC(NCC[N+](C)(C)CCO)c1ccc(N=Nc2ccc([N+](=O)[O-])cc2Cl)cc1. The van der Waals surface area contributed by atoms with E-state index >= 15 is 0 Å². The fourth-order valence-electron chi connectivity index (χ4n) is 2.72. The third kappa shape index (κ3) is 11.0. The van der Waals surface area contributed by atoms with Crippen LogP contribution in [-0.2, 0) is 4.79 Å². The normalized spacial score (nSPS) is 12.2. The molecule has 2 aromatic carbocycles. The minimum Gasteiger partial charge on any atom is -0.550 e. The summed E-state index contributed by atoms with van der Waals surface area (Å²) in [5, 5.41) is 40.6. The van der Waals surface area contributed by atoms with Crippen LogP contribution in [0.5, 0.6) is 0 Å². The predicted molar refractivity (Wildman–Crippen MR) is 125 cm³/mol. The third-order valence-electron chi connectivity index (χ3n) is 4.68. The van der Waals surface area contributed by atoms with Crippen molar-refractivity contribution in [3.05, 3.63) is 63.2 Å². The molecular formula is C22H30ClN5O5. The van der Waals surface area contributed by atoms with Gasteiger partial charge in [0.25, 0.3) is 5.69 Å². The Bertz CT molecular complexity index is 947. The van der Waals surface area contributed by atoms with Crippen LogP contribution in [0.4, 0.5) is 17.1 Å². The molecule has 0 aliphatic heterocycles. The van der Waals surface area contributed by atoms with Gasteiger partial charge in [-0.2, -0.15) is 5.11 Å². The van der Waals surface area contributed by atoms with Gasteiger partial charge in [0, 0.05) is 30.7 Å². The van der Waals surface area contributed by atoms with Crippen molar-refractivity contribution in [2.45, 2.75) is 19.9 Å². The molecule has 0 aliphatic carbocycles. The Morgan fingerprint density at radius 1 is 1.18 bits per heavy atom. The van der Waals surface area contributed by atoms with Crippen molar-refractivity contribution in [2.24, 2.45) is 10.2 Å². The van der Waals surface area contributed by atoms with Crippen LogP contribution in [0, 0.1) is 10.1 Å². The number of hydrogen-bond acceptors (Lipinski definition) is 8. The molecule has 180 valence electrons. The number of azo groups is 1. The number of carboxylic acid groups (broad SMARTS) is 1. The molecule has 11 heteroatoms. The number of carbonyl (C=O) groups excluding carboxylic acids is 1. The Morgan fingerprint density at radius 2 is 1.79 bits per heavy atom. The summed E-state index contributed by atoms with van der Waals surface area (Å²) >= 11 is 6.03. The van der Waals surface area contributed by atoms with Gasteiger partial charge in [-0.15, -0.1) is 5.11 Å². The van der Waals surface area contributed by atoms with Crippen molar-refractivity contribution in [3.8, 4) is 0 Å². The zero-order valence-electron chi connectivity index (χ0n) is 19.2. The summed E-state index contributed by atoms with van der Waals surface area (Å²) in [5.41, 5.74) is 2.08. The summed E-state index contributed by atoms with van der Waals surface area (Å²) < 4.78 is 0.765. The molecule has 2 N–H and O–H groups in total. The highest BCUT2D eigenvalue weighted by Gasteiger charge is 2.14. The van der Waals surface area contributed by atoms with Gasteiger partial charge in [0.05, 0.1) is 42.9 Å². The first-order valence-corrected chi connectivity index (χ1v) is 10.6. The highest BCUT2D eigenvalue weighted by atomic mass is 35.5. The van der Waals surface area contributed by atoms with E-state index in [0.29, 0.717) is 11.4 Å². The average Bonchev–Trinajstić information content (AvgIpc) is 2.72. The number of benzene rings is 2. The van der Waals surface area contributed by atoms with Gasteiger partial charge >= 0.3 is 0 Å². The molecular weight excluding hydrogens is 450 g/mol. The number of likely N-dealkylation sites (N-methyl/N-ethyl adjacent to an activating group) is 1. The van der Waals surface area contributed by atoms with Crippen molar-refractivity contribution >= 4 is 34.6 Å². The number of hydrogen-bond donors (Lipinski definition) is 2. The maximum Gasteiger partial charge on any atom is 0.271 e. The van der Waals surface area contributed by atoms with Crippen molar-refractivity contribution in [1.29, 1.82) is 0 Å². The highest BCUT2D eigenvalue weighted by Crippen LogP contribution is 2.30. The lowest BCUT2D eigenvalue weighted by Crippen LogP contribution is -2.46. The molecule has 10 nitrogen and oxygen atoms in total. The maximum absolute atomic E-state index is 10.8. The average molecular weight is 480 g/mol. The van der Waals surface area contributed by atoms with Crippen molar-refractivity contribution in [1.82, 2.24) is 5.32 Å². The van der Waals surface area contributed by atoms with E-state index in [4.69, 9.17) is 26.6 Å². The standard InChI is InChI=1S/C20H27ClN5O3.C2H4O2/c1-15(22-10-11-26(2,3)12-13-27)16-4-6-17(7-5-16)23-24-20-9-8-18(25(28)29)14-19(20)21;1-2(3)4/h4-9,14-15,22,27H,10-13H2,1-3H3;1H3,(H,3,4)/q+1;/p-1. The third-order valence-corrected chi connectivity index (χ3v) is 4.98. The molecule has 0 bridgehead atoms. The second-order valence-corrected chi connectivity index (χ2v) is 8.37. The van der Waals surface area contributed by atoms with E-state index in [1.54, 1.807) is 0 Å². The van der Waals surface area contributed by atoms with E-state index in [0.717, 1.165) is 36.6 Å². The van der Waals surface area contributed by atoms with Gasteiger partial charge < -0.3 is 24.8 Å². The quantitative estimate of drug-likeness (QED) is 0.232. The van der Waals surface area contributed by atoms with Crippen LogP contribution in [0.25, 0.3) is 0 Å². The molecule has 0 heterocycles. The lowest BCUT2D eigenvalue weighted by molar-refractivity contribution is -0.889. The van der Waals surface area contributed by atoms with E-state index in [1.807, 2.05) is 24.3 Å². The molecule has 1 atom stereocenters. The van der Waals surface area contributed by atoms with Crippen LogP contribution in [0.15, 0.2) is 52.7 Å². The van der Waals surface area contributed by atoms with Crippen LogP contribution in [0.2, 0.25) is 5.02 Å². The van der Waals surface area contributed by atoms with Gasteiger partial charge in [-0.25, -0.2) is 0 Å². The number of rotatable bonds is 10. The Balaban J connectivity index is 0.00000125. The van der Waals surface area contributed by atoms with Crippen LogP contribution in [-0.4, -0.2) is 60.8 Å². The monoisotopic (exact) mass is 479 g/mol. The summed E-state index contributed by atoms with van der Waals surface area (Å²) in [6.45, 7) is 5.75. The second-order valence-electron chi connectivity index (χ2n) is 7.96. The number of quaternary nitrogens is 1. The Kier molecular flexibility index (Phi) is 11.6. The molecule has 2 aromatic rings. The zero-order chi connectivity index (χ0) is 25.0. The maximum atomic E-state index is 10.8. The second kappa shape index (κ2) is 13.6. The Morgan fingerprint density at radius 3 is 2.30 bits per heavy atom. The van der Waals surface area contributed by atoms with Gasteiger partial charge in [0.15, 0.2) is 0 Å². The number of aliphatic carboxylic acids is 1. The molecule has 0 aliphatic rings. The lowest BCUT2D eigenvalue weighted by atomic mass is 10.1. The minimum atomic E-state index is -1.08. The summed E-state index contributed by atoms with van der Waals surface area (Å²) in [5.74, 6) is -1.08. The number of aliphatic hydroxyl groups excluding tert-OH is 1. The lowest BCUT2D eigenvalue weighted by Gasteiger charge is -2.29. The zero-order valence-corrected chi connectivity index (χ0v) is 20.0. The fourth-order valence-corrected chi connectivity index (χ4v) is 2.93. The Hall–Kier alpha value is -2.92. The molecule has 2 rings (SSSR count). The first-order chi connectivity index (χ1) is 15.4. The van der Waals surface area contributed by atoms with Crippen molar-refractivity contribution in [3.63, 3.8) is 0 Å². The highest BCUT2D eigenvalue weighted by molar-refractivity contribution is 6.33. The van der Waals surface area contributed by atoms with Gasteiger partial charge in [-0.1, -0.05) is 23.7 Å². The summed E-state index contributed by atoms with van der Waals surface area (Å²) in [6, 6.07) is 11.9. The van der Waals surface area contributed by atoms with Crippen molar-refractivity contribution < 1.29 is 24.4 Å². The van der Waals surface area contributed by atoms with Gasteiger partial charge in [0.2, 0.25) is 0 Å². The number of carbonyl (C=O) groups is 1. The number of halogens is 1. The predicted octanol–water partition coefficient (Wildman–Crippen LogP) is 3.14. The van der Waals surface area contributed by atoms with Crippen molar-refractivity contribution in [2.75, 3.05) is 40.3 Å². The topological polar surface area (TPSA) is 140 Å². The van der Waals surface area contributed by atoms with E-state index in [2.05, 4.69) is 36.6 Å². The van der Waals surface area contributed by atoms with Gasteiger partial charge in [0.1, 0.15) is 12.2 Å². The number of nitrogens with zero attached hydrogens (tertiary/aromatic N) is 4. The van der Waals surface area contributed by atoms with E-state index in [9.17, 15) is 10.1 Å². The summed E-state index contributed by atoms with van der Waals surface area (Å²) in [7, 11) is 4.19. The number of non-ortho nitro benzene ring substituents is 1. The van der Waals surface area contributed by atoms with E-state index in [1.165, 1.54) is 18.2 Å². The largest absolute Gasteiger partial charge is 0.550 e. The molecule has 33 heavy (non-hydrogen) atoms. The van der Waals surface area contributed by atoms with Crippen LogP contribution < -0.4 is 10.4 Å². The van der Waals surface area contributed by atoms with E-state index < -0.39 is 10.9 Å². The number of aliphatic hydroxyl groups is 1. The molecule has 0 amide bonds. The molecule has 0 saturated heterocycles. The summed E-state index contributed by atoms with van der Waals surface area (Å²) in [6.07, 6.45) is 0. The number of nitrogens with one attached hydrogen (secondary N) is 1. The molecule has 0 radical (unpaired) electrons. The van der Waals surface area contributed by atoms with Crippen LogP contribution in [0.3, 0.4) is 0 Å². The number of nitro benzene ring substituents is 1. The smallest absolute Gasteiger partial charge is 0.271 e. The van der Waals surface area contributed by atoms with Crippen LogP contribution >= 0.6 is 11.6 Å². The fraction of sp³-hybridized carbons (Fsp3) is 0.409. The number of carboxylic acids is 1. The van der Waals surface area contributed by atoms with E-state index in [-0.39, 0.29) is 23.4 Å². The van der Waals surface area contributed by atoms with Gasteiger partial charge in [-0.05, 0) is 37.6 Å². The molecule has 0 saturated carbocycles. The number of nitro groups is 1. The van der Waals surface area contributed by atoms with Gasteiger partial charge in [-0.3, -0.25) is 10.1 Å². The molecule has 0 fully saturated rings. The minimum absolute atomic E-state index is 0.0849. The molecule has 1 unspecified atom stereocenters. The first kappa shape index (κ1) is 28.1. The van der Waals surface area contributed by atoms with Crippen LogP contribution in [0.1, 0.15) is 25.5 Å². The Labute approximate surface area is 198 Å². The molecule has 0 aromatic heterocycles. The first-order valence-electron chi connectivity index (χ1n) is 10.2.